The van der Waals surface area contributed by atoms with Crippen molar-refractivity contribution in [3.63, 3.8) is 0 Å². The quantitative estimate of drug-likeness (QED) is 0.358. The van der Waals surface area contributed by atoms with Gasteiger partial charge in [0.05, 0.1) is 0 Å². The number of guanidine groups is 1. The van der Waals surface area contributed by atoms with E-state index < -0.39 is 0 Å². The molecule has 0 aliphatic carbocycles. The lowest BCUT2D eigenvalue weighted by Crippen LogP contribution is -2.51. The number of aliphatic imine (C=N–C) groups is 1. The average Bonchev–Trinajstić information content (AvgIpc) is 3.13. The highest BCUT2D eigenvalue weighted by Crippen LogP contribution is 2.19. The molecule has 1 aromatic carbocycles. The van der Waals surface area contributed by atoms with Crippen LogP contribution in [0.2, 0.25) is 0 Å². The van der Waals surface area contributed by atoms with E-state index in [9.17, 15) is 0 Å². The maximum Gasteiger partial charge on any atom is 0.191 e. The molecule has 0 radical (unpaired) electrons. The fraction of sp³-hybridized carbons (Fsp3) is 0.682. The van der Waals surface area contributed by atoms with Crippen LogP contribution in [0, 0.1) is 0 Å². The van der Waals surface area contributed by atoms with Crippen LogP contribution in [-0.2, 0) is 6.54 Å². The van der Waals surface area contributed by atoms with Crippen molar-refractivity contribution in [2.75, 3.05) is 33.2 Å². The number of hydrogen-bond donors (Lipinski definition) is 2. The predicted octanol–water partition coefficient (Wildman–Crippen LogP) is 3.31. The molecule has 2 aliphatic rings. The highest BCUT2D eigenvalue weighted by molar-refractivity contribution is 14.0. The van der Waals surface area contributed by atoms with Crippen molar-refractivity contribution in [2.24, 2.45) is 4.99 Å². The topological polar surface area (TPSA) is 42.9 Å². The van der Waals surface area contributed by atoms with E-state index in [1.165, 1.54) is 50.9 Å². The third-order valence-electron chi connectivity index (χ3n) is 6.06. The summed E-state index contributed by atoms with van der Waals surface area (Å²) < 4.78 is 0. The molecule has 0 aromatic heterocycles. The maximum absolute atomic E-state index is 4.47. The van der Waals surface area contributed by atoms with Crippen molar-refractivity contribution in [3.8, 4) is 0 Å². The van der Waals surface area contributed by atoms with Crippen LogP contribution in [0.15, 0.2) is 35.3 Å². The van der Waals surface area contributed by atoms with Crippen LogP contribution in [-0.4, -0.2) is 67.1 Å². The lowest BCUT2D eigenvalue weighted by atomic mass is 10.0. The van der Waals surface area contributed by atoms with E-state index in [4.69, 9.17) is 0 Å². The second kappa shape index (κ2) is 12.0. The molecule has 2 aliphatic heterocycles. The monoisotopic (exact) mass is 499 g/mol. The van der Waals surface area contributed by atoms with E-state index in [0.29, 0.717) is 18.1 Å². The lowest BCUT2D eigenvalue weighted by Gasteiger charge is -2.35. The van der Waals surface area contributed by atoms with Gasteiger partial charge in [0.15, 0.2) is 5.96 Å². The van der Waals surface area contributed by atoms with Gasteiger partial charge in [-0.25, -0.2) is 0 Å². The second-order valence-electron chi connectivity index (χ2n) is 8.25. The molecule has 0 amide bonds. The standard InChI is InChI=1S/C22H37N5.HI/c1-18(2)26-14-11-20(12-15-26)25-22(23-3)24-16-21-10-7-13-27(21)17-19-8-5-4-6-9-19;/h4-6,8-9,18,20-21H,7,10-17H2,1-3H3,(H2,23,24,25);1H. The van der Waals surface area contributed by atoms with E-state index in [2.05, 4.69) is 69.6 Å². The lowest BCUT2D eigenvalue weighted by molar-refractivity contribution is 0.167. The van der Waals surface area contributed by atoms with Gasteiger partial charge >= 0.3 is 0 Å². The molecule has 1 aromatic rings. The first-order valence-corrected chi connectivity index (χ1v) is 10.6. The number of halogens is 1. The van der Waals surface area contributed by atoms with Crippen molar-refractivity contribution >= 4 is 29.9 Å². The summed E-state index contributed by atoms with van der Waals surface area (Å²) in [6.07, 6.45) is 4.95. The number of likely N-dealkylation sites (tertiary alicyclic amines) is 2. The van der Waals surface area contributed by atoms with Gasteiger partial charge in [-0.3, -0.25) is 9.89 Å². The van der Waals surface area contributed by atoms with Crippen molar-refractivity contribution in [3.05, 3.63) is 35.9 Å². The van der Waals surface area contributed by atoms with Crippen LogP contribution in [0.5, 0.6) is 0 Å². The first-order chi connectivity index (χ1) is 13.2. The van der Waals surface area contributed by atoms with Gasteiger partial charge in [-0.05, 0) is 51.6 Å². The molecule has 2 N–H and O–H groups in total. The Hall–Kier alpha value is -0.860. The summed E-state index contributed by atoms with van der Waals surface area (Å²) in [5, 5.41) is 7.24. The zero-order valence-corrected chi connectivity index (χ0v) is 20.1. The predicted molar refractivity (Wildman–Crippen MR) is 130 cm³/mol. The Kier molecular flexibility index (Phi) is 10.0. The molecule has 1 unspecified atom stereocenters. The number of rotatable bonds is 6. The summed E-state index contributed by atoms with van der Waals surface area (Å²) in [5.74, 6) is 0.963. The normalized spacial score (nSPS) is 22.3. The molecule has 0 spiro atoms. The number of nitrogens with one attached hydrogen (secondary N) is 2. The largest absolute Gasteiger partial charge is 0.355 e. The number of nitrogens with zero attached hydrogens (tertiary/aromatic N) is 3. The molecule has 0 bridgehead atoms. The van der Waals surface area contributed by atoms with Gasteiger partial charge in [-0.1, -0.05) is 30.3 Å². The fourth-order valence-electron chi connectivity index (χ4n) is 4.32. The van der Waals surface area contributed by atoms with Gasteiger partial charge < -0.3 is 15.5 Å². The van der Waals surface area contributed by atoms with E-state index in [1.807, 2.05) is 7.05 Å². The molecule has 0 saturated carbocycles. The van der Waals surface area contributed by atoms with E-state index in [1.54, 1.807) is 0 Å². The summed E-state index contributed by atoms with van der Waals surface area (Å²) in [6, 6.07) is 12.6. The zero-order chi connectivity index (χ0) is 19.1. The van der Waals surface area contributed by atoms with Crippen LogP contribution in [0.4, 0.5) is 0 Å². The second-order valence-corrected chi connectivity index (χ2v) is 8.25. The Morgan fingerprint density at radius 2 is 1.82 bits per heavy atom. The third kappa shape index (κ3) is 6.88. The summed E-state index contributed by atoms with van der Waals surface area (Å²) in [6.45, 7) is 10.2. The average molecular weight is 499 g/mol. The number of hydrogen-bond acceptors (Lipinski definition) is 3. The van der Waals surface area contributed by atoms with Crippen LogP contribution < -0.4 is 10.6 Å². The molecule has 2 fully saturated rings. The first-order valence-electron chi connectivity index (χ1n) is 10.6. The Balaban J connectivity index is 0.00000280. The van der Waals surface area contributed by atoms with Crippen LogP contribution in [0.3, 0.4) is 0 Å². The van der Waals surface area contributed by atoms with Gasteiger partial charge in [-0.15, -0.1) is 24.0 Å². The summed E-state index contributed by atoms with van der Waals surface area (Å²) >= 11 is 0. The smallest absolute Gasteiger partial charge is 0.191 e. The van der Waals surface area contributed by atoms with Crippen molar-refractivity contribution in [2.45, 2.75) is 64.2 Å². The molecule has 5 nitrogen and oxygen atoms in total. The van der Waals surface area contributed by atoms with Gasteiger partial charge in [-0.2, -0.15) is 0 Å². The molecule has 158 valence electrons. The highest BCUT2D eigenvalue weighted by atomic mass is 127. The molecule has 2 heterocycles. The molecular formula is C22H38IN5. The van der Waals surface area contributed by atoms with Crippen LogP contribution in [0.25, 0.3) is 0 Å². The minimum absolute atomic E-state index is 0. The van der Waals surface area contributed by atoms with Gasteiger partial charge in [0.1, 0.15) is 0 Å². The van der Waals surface area contributed by atoms with E-state index >= 15 is 0 Å². The SMILES string of the molecule is CN=C(NCC1CCCN1Cc1ccccc1)NC1CCN(C(C)C)CC1.I. The molecule has 3 rings (SSSR count). The van der Waals surface area contributed by atoms with Crippen LogP contribution >= 0.6 is 24.0 Å². The molecular weight excluding hydrogens is 461 g/mol. The summed E-state index contributed by atoms with van der Waals surface area (Å²) in [4.78, 5) is 9.64. The van der Waals surface area contributed by atoms with Gasteiger partial charge in [0, 0.05) is 51.4 Å². The van der Waals surface area contributed by atoms with E-state index in [-0.39, 0.29) is 24.0 Å². The Bertz CT molecular complexity index is 584. The van der Waals surface area contributed by atoms with Crippen molar-refractivity contribution in [1.29, 1.82) is 0 Å². The Morgan fingerprint density at radius 1 is 1.11 bits per heavy atom. The number of benzene rings is 1. The Morgan fingerprint density at radius 3 is 2.46 bits per heavy atom. The van der Waals surface area contributed by atoms with Crippen molar-refractivity contribution < 1.29 is 0 Å². The molecule has 1 atom stereocenters. The van der Waals surface area contributed by atoms with E-state index in [0.717, 1.165) is 19.0 Å². The zero-order valence-electron chi connectivity index (χ0n) is 17.7. The third-order valence-corrected chi connectivity index (χ3v) is 6.06. The minimum Gasteiger partial charge on any atom is -0.355 e. The van der Waals surface area contributed by atoms with Crippen LogP contribution in [0.1, 0.15) is 45.1 Å². The Labute approximate surface area is 188 Å². The highest BCUT2D eigenvalue weighted by Gasteiger charge is 2.25. The maximum atomic E-state index is 4.47. The molecule has 6 heteroatoms. The first kappa shape index (κ1) is 23.4. The minimum atomic E-state index is 0. The van der Waals surface area contributed by atoms with Crippen molar-refractivity contribution in [1.82, 2.24) is 20.4 Å². The molecule has 2 saturated heterocycles. The summed E-state index contributed by atoms with van der Waals surface area (Å²) in [7, 11) is 1.88. The fourth-order valence-corrected chi connectivity index (χ4v) is 4.32. The summed E-state index contributed by atoms with van der Waals surface area (Å²) in [5.41, 5.74) is 1.41. The van der Waals surface area contributed by atoms with Gasteiger partial charge in [0.25, 0.3) is 0 Å². The molecule has 28 heavy (non-hydrogen) atoms. The number of piperidine rings is 1. The van der Waals surface area contributed by atoms with Gasteiger partial charge in [0.2, 0.25) is 0 Å².